The molecule has 1 aromatic carbocycles. The zero-order chi connectivity index (χ0) is 18.4. The smallest absolute Gasteiger partial charge is 0.310 e. The van der Waals surface area contributed by atoms with E-state index < -0.39 is 11.6 Å². The Kier molecular flexibility index (Phi) is 9.24. The van der Waals surface area contributed by atoms with Crippen LogP contribution in [-0.4, -0.2) is 50.1 Å². The van der Waals surface area contributed by atoms with Gasteiger partial charge in [-0.2, -0.15) is 0 Å². The Morgan fingerprint density at radius 2 is 2.00 bits per heavy atom. The Balaban J connectivity index is 0.00000338. The molecule has 8 heteroatoms. The van der Waals surface area contributed by atoms with E-state index in [0.29, 0.717) is 25.6 Å². The van der Waals surface area contributed by atoms with Crippen molar-refractivity contribution >= 4 is 35.9 Å². The fraction of sp³-hybridized carbons (Fsp3) is 0.556. The molecule has 0 amide bonds. The number of likely N-dealkylation sites (tertiary alicyclic amines) is 1. The number of hydrogen-bond acceptors (Lipinski definition) is 3. The van der Waals surface area contributed by atoms with Crippen molar-refractivity contribution < 1.29 is 18.3 Å². The van der Waals surface area contributed by atoms with Gasteiger partial charge in [-0.15, -0.1) is 24.0 Å². The highest BCUT2D eigenvalue weighted by Crippen LogP contribution is 2.24. The molecule has 1 aliphatic rings. The van der Waals surface area contributed by atoms with Crippen LogP contribution in [0, 0.1) is 23.5 Å². The largest absolute Gasteiger partial charge is 0.469 e. The SMILES string of the molecule is CCNC(=NCCc1c(F)cccc1F)N1CC(C)C(C(=O)OC)C1.I. The van der Waals surface area contributed by atoms with E-state index in [2.05, 4.69) is 10.3 Å². The molecule has 0 spiro atoms. The Morgan fingerprint density at radius 3 is 2.58 bits per heavy atom. The molecule has 1 aromatic rings. The quantitative estimate of drug-likeness (QED) is 0.304. The maximum Gasteiger partial charge on any atom is 0.310 e. The second-order valence-electron chi connectivity index (χ2n) is 6.20. The molecule has 1 aliphatic heterocycles. The second-order valence-corrected chi connectivity index (χ2v) is 6.20. The Hall–Kier alpha value is -1.45. The van der Waals surface area contributed by atoms with Crippen molar-refractivity contribution in [3.8, 4) is 0 Å². The minimum atomic E-state index is -0.555. The number of guanidine groups is 1. The first kappa shape index (κ1) is 22.6. The number of halogens is 3. The zero-order valence-corrected chi connectivity index (χ0v) is 17.6. The van der Waals surface area contributed by atoms with Gasteiger partial charge < -0.3 is 15.0 Å². The average molecular weight is 481 g/mol. The molecule has 0 aromatic heterocycles. The molecule has 0 bridgehead atoms. The molecule has 2 unspecified atom stereocenters. The van der Waals surface area contributed by atoms with E-state index in [1.165, 1.54) is 25.3 Å². The highest BCUT2D eigenvalue weighted by Gasteiger charge is 2.36. The molecule has 146 valence electrons. The van der Waals surface area contributed by atoms with Crippen molar-refractivity contribution in [1.29, 1.82) is 0 Å². The lowest BCUT2D eigenvalue weighted by Gasteiger charge is -2.21. The first-order valence-corrected chi connectivity index (χ1v) is 8.51. The molecular weight excluding hydrogens is 455 g/mol. The molecule has 2 rings (SSSR count). The van der Waals surface area contributed by atoms with Gasteiger partial charge in [0.05, 0.1) is 13.0 Å². The van der Waals surface area contributed by atoms with E-state index in [1.54, 1.807) is 0 Å². The van der Waals surface area contributed by atoms with Gasteiger partial charge in [-0.25, -0.2) is 8.78 Å². The lowest BCUT2D eigenvalue weighted by atomic mass is 9.99. The molecule has 0 radical (unpaired) electrons. The first-order valence-electron chi connectivity index (χ1n) is 8.51. The summed E-state index contributed by atoms with van der Waals surface area (Å²) in [5, 5.41) is 3.17. The third-order valence-corrected chi connectivity index (χ3v) is 4.44. The molecule has 0 aliphatic carbocycles. The summed E-state index contributed by atoms with van der Waals surface area (Å²) < 4.78 is 32.2. The number of aliphatic imine (C=N–C) groups is 1. The van der Waals surface area contributed by atoms with Gasteiger partial charge in [0.25, 0.3) is 0 Å². The highest BCUT2D eigenvalue weighted by molar-refractivity contribution is 14.0. The number of hydrogen-bond donors (Lipinski definition) is 1. The lowest BCUT2D eigenvalue weighted by Crippen LogP contribution is -2.40. The number of nitrogens with zero attached hydrogens (tertiary/aromatic N) is 2. The van der Waals surface area contributed by atoms with Gasteiger partial charge in [0.15, 0.2) is 5.96 Å². The van der Waals surface area contributed by atoms with Gasteiger partial charge in [-0.3, -0.25) is 9.79 Å². The van der Waals surface area contributed by atoms with Crippen LogP contribution in [0.25, 0.3) is 0 Å². The lowest BCUT2D eigenvalue weighted by molar-refractivity contribution is -0.145. The predicted octanol–water partition coefficient (Wildman–Crippen LogP) is 2.83. The van der Waals surface area contributed by atoms with Gasteiger partial charge in [0.2, 0.25) is 0 Å². The van der Waals surface area contributed by atoms with Crippen LogP contribution in [0.5, 0.6) is 0 Å². The summed E-state index contributed by atoms with van der Waals surface area (Å²) in [6.45, 7) is 6.07. The monoisotopic (exact) mass is 481 g/mol. The zero-order valence-electron chi connectivity index (χ0n) is 15.3. The van der Waals surface area contributed by atoms with Crippen LogP contribution >= 0.6 is 24.0 Å². The molecular formula is C18H26F2IN3O2. The van der Waals surface area contributed by atoms with Crippen LogP contribution in [0.1, 0.15) is 19.4 Å². The van der Waals surface area contributed by atoms with Crippen molar-refractivity contribution in [3.05, 3.63) is 35.4 Å². The Labute approximate surface area is 170 Å². The summed E-state index contributed by atoms with van der Waals surface area (Å²) in [7, 11) is 1.39. The maximum atomic E-state index is 13.7. The van der Waals surface area contributed by atoms with E-state index in [4.69, 9.17) is 4.74 Å². The van der Waals surface area contributed by atoms with Crippen LogP contribution < -0.4 is 5.32 Å². The number of ether oxygens (including phenoxy) is 1. The molecule has 1 N–H and O–H groups in total. The number of benzene rings is 1. The van der Waals surface area contributed by atoms with Crippen molar-refractivity contribution in [1.82, 2.24) is 10.2 Å². The number of esters is 1. The molecule has 1 fully saturated rings. The van der Waals surface area contributed by atoms with Crippen LogP contribution in [0.15, 0.2) is 23.2 Å². The van der Waals surface area contributed by atoms with Gasteiger partial charge >= 0.3 is 5.97 Å². The normalized spacial score (nSPS) is 19.9. The van der Waals surface area contributed by atoms with Crippen LogP contribution in [-0.2, 0) is 16.0 Å². The fourth-order valence-electron chi connectivity index (χ4n) is 3.07. The van der Waals surface area contributed by atoms with Gasteiger partial charge in [0.1, 0.15) is 11.6 Å². The van der Waals surface area contributed by atoms with Gasteiger partial charge in [-0.1, -0.05) is 13.0 Å². The second kappa shape index (κ2) is 10.6. The molecule has 1 heterocycles. The number of methoxy groups -OCH3 is 1. The standard InChI is InChI=1S/C18H25F2N3O2.HI/c1-4-21-18(23-10-12(2)14(11-23)17(24)25-3)22-9-8-13-15(19)6-5-7-16(13)20;/h5-7,12,14H,4,8-11H2,1-3H3,(H,21,22);1H. The number of carbonyl (C=O) groups excluding carboxylic acids is 1. The summed E-state index contributed by atoms with van der Waals surface area (Å²) in [5.41, 5.74) is 0.0457. The topological polar surface area (TPSA) is 53.9 Å². The molecule has 26 heavy (non-hydrogen) atoms. The van der Waals surface area contributed by atoms with E-state index in [0.717, 1.165) is 0 Å². The van der Waals surface area contributed by atoms with Crippen LogP contribution in [0.3, 0.4) is 0 Å². The van der Waals surface area contributed by atoms with Crippen molar-refractivity contribution in [3.63, 3.8) is 0 Å². The molecule has 5 nitrogen and oxygen atoms in total. The predicted molar refractivity (Wildman–Crippen MR) is 108 cm³/mol. The number of carbonyl (C=O) groups is 1. The van der Waals surface area contributed by atoms with Gasteiger partial charge in [0, 0.05) is 31.7 Å². The summed E-state index contributed by atoms with van der Waals surface area (Å²) in [6.07, 6.45) is 0.178. The Morgan fingerprint density at radius 1 is 1.35 bits per heavy atom. The van der Waals surface area contributed by atoms with Gasteiger partial charge in [-0.05, 0) is 31.4 Å². The first-order chi connectivity index (χ1) is 12.0. The van der Waals surface area contributed by atoms with E-state index in [1.807, 2.05) is 18.7 Å². The highest BCUT2D eigenvalue weighted by atomic mass is 127. The van der Waals surface area contributed by atoms with Crippen LogP contribution in [0.4, 0.5) is 8.78 Å². The minimum absolute atomic E-state index is 0. The average Bonchev–Trinajstić information content (AvgIpc) is 2.97. The van der Waals surface area contributed by atoms with Crippen molar-refractivity contribution in [2.24, 2.45) is 16.8 Å². The minimum Gasteiger partial charge on any atom is -0.469 e. The Bertz CT molecular complexity index is 623. The van der Waals surface area contributed by atoms with Crippen LogP contribution in [0.2, 0.25) is 0 Å². The third kappa shape index (κ3) is 5.52. The summed E-state index contributed by atoms with van der Waals surface area (Å²) in [5.74, 6) is -0.725. The van der Waals surface area contributed by atoms with Crippen molar-refractivity contribution in [2.45, 2.75) is 20.3 Å². The number of rotatable bonds is 5. The molecule has 2 atom stereocenters. The fourth-order valence-corrected chi connectivity index (χ4v) is 3.07. The molecule has 1 saturated heterocycles. The number of nitrogens with one attached hydrogen (secondary N) is 1. The molecule has 0 saturated carbocycles. The summed E-state index contributed by atoms with van der Waals surface area (Å²) in [4.78, 5) is 18.3. The summed E-state index contributed by atoms with van der Waals surface area (Å²) >= 11 is 0. The van der Waals surface area contributed by atoms with E-state index in [-0.39, 0.29) is 60.3 Å². The van der Waals surface area contributed by atoms with E-state index in [9.17, 15) is 13.6 Å². The van der Waals surface area contributed by atoms with E-state index >= 15 is 0 Å². The van der Waals surface area contributed by atoms with Crippen molar-refractivity contribution in [2.75, 3.05) is 33.3 Å². The third-order valence-electron chi connectivity index (χ3n) is 4.44. The maximum absolute atomic E-state index is 13.7. The summed E-state index contributed by atoms with van der Waals surface area (Å²) in [6, 6.07) is 3.84.